The van der Waals surface area contributed by atoms with E-state index in [2.05, 4.69) is 12.7 Å². The molecule has 2 aliphatic carbocycles. The zero-order chi connectivity index (χ0) is 42.1. The topological polar surface area (TPSA) is 155 Å². The van der Waals surface area contributed by atoms with Crippen LogP contribution in [-0.2, 0) is 20.9 Å². The smallest absolute Gasteiger partial charge is 0.410 e. The fraction of sp³-hybridized carbons (Fsp3) is 0.468. The van der Waals surface area contributed by atoms with E-state index in [1.165, 1.54) is 0 Å². The number of rotatable bonds is 20. The maximum Gasteiger partial charge on any atom is 0.410 e. The van der Waals surface area contributed by atoms with Crippen molar-refractivity contribution in [3.8, 4) is 28.7 Å². The van der Waals surface area contributed by atoms with Crippen LogP contribution in [0, 0.1) is 17.8 Å². The summed E-state index contributed by atoms with van der Waals surface area (Å²) in [5.41, 5.74) is 3.79. The van der Waals surface area contributed by atoms with E-state index in [9.17, 15) is 19.8 Å². The predicted molar refractivity (Wildman–Crippen MR) is 224 cm³/mol. The summed E-state index contributed by atoms with van der Waals surface area (Å²) in [6, 6.07) is 17.6. The zero-order valence-corrected chi connectivity index (χ0v) is 34.5. The lowest BCUT2D eigenvalue weighted by molar-refractivity contribution is -0.256. The first kappa shape index (κ1) is 42.7. The third kappa shape index (κ3) is 8.89. The summed E-state index contributed by atoms with van der Waals surface area (Å²) >= 11 is 0. The van der Waals surface area contributed by atoms with Crippen molar-refractivity contribution < 1.29 is 53.1 Å². The zero-order valence-electron chi connectivity index (χ0n) is 34.5. The Morgan fingerprint density at radius 2 is 1.73 bits per heavy atom. The number of allylic oxidation sites excluding steroid dienone is 1. The van der Waals surface area contributed by atoms with Crippen molar-refractivity contribution in [2.24, 2.45) is 22.9 Å². The number of ether oxygens (including phenoxy) is 6. The third-order valence-corrected chi connectivity index (χ3v) is 11.8. The number of hydrogen-bond donors (Lipinski definition) is 2. The van der Waals surface area contributed by atoms with Crippen LogP contribution in [0.1, 0.15) is 86.2 Å². The van der Waals surface area contributed by atoms with Crippen LogP contribution in [0.4, 0.5) is 4.79 Å². The van der Waals surface area contributed by atoms with Crippen molar-refractivity contribution in [1.29, 1.82) is 0 Å². The molecule has 2 aliphatic heterocycles. The van der Waals surface area contributed by atoms with Gasteiger partial charge in [0.1, 0.15) is 36.2 Å². The number of aldehydes is 1. The van der Waals surface area contributed by atoms with E-state index in [1.54, 1.807) is 42.2 Å². The summed E-state index contributed by atoms with van der Waals surface area (Å²) in [6.45, 7) is 8.68. The van der Waals surface area contributed by atoms with Gasteiger partial charge in [-0.15, -0.1) is 6.58 Å². The molecule has 6 atom stereocenters. The predicted octanol–water partition coefficient (Wildman–Crippen LogP) is 8.33. The number of hydrogen-bond acceptors (Lipinski definition) is 12. The van der Waals surface area contributed by atoms with Gasteiger partial charge >= 0.3 is 6.09 Å². The average Bonchev–Trinajstić information content (AvgIpc) is 3.74. The first-order valence-corrected chi connectivity index (χ1v) is 21.1. The molecule has 3 aromatic carbocycles. The monoisotopic (exact) mass is 824 g/mol. The molecule has 2 N–H and O–H groups in total. The van der Waals surface area contributed by atoms with Crippen molar-refractivity contribution in [3.05, 3.63) is 102 Å². The molecule has 1 amide bonds. The molecule has 0 bridgehead atoms. The molecule has 1 saturated carbocycles. The van der Waals surface area contributed by atoms with E-state index < -0.39 is 23.8 Å². The van der Waals surface area contributed by atoms with Gasteiger partial charge in [0, 0.05) is 43.2 Å². The fourth-order valence-corrected chi connectivity index (χ4v) is 9.39. The average molecular weight is 825 g/mol. The molecule has 60 heavy (non-hydrogen) atoms. The molecule has 1 fully saturated rings. The highest BCUT2D eigenvalue weighted by Crippen LogP contribution is 2.62. The lowest BCUT2D eigenvalue weighted by Crippen LogP contribution is -2.70. The van der Waals surface area contributed by atoms with Gasteiger partial charge in [-0.1, -0.05) is 48.3 Å². The lowest BCUT2D eigenvalue weighted by atomic mass is 9.55. The Kier molecular flexibility index (Phi) is 14.1. The summed E-state index contributed by atoms with van der Waals surface area (Å²) in [4.78, 5) is 33.6. The lowest BCUT2D eigenvalue weighted by Gasteiger charge is -2.59. The van der Waals surface area contributed by atoms with E-state index >= 15 is 0 Å². The van der Waals surface area contributed by atoms with Gasteiger partial charge in [0.2, 0.25) is 12.6 Å². The Labute approximate surface area is 351 Å². The van der Waals surface area contributed by atoms with Crippen LogP contribution < -0.4 is 18.9 Å². The number of aliphatic hydroxyl groups is 2. The molecule has 4 aliphatic rings. The van der Waals surface area contributed by atoms with Gasteiger partial charge in [0.05, 0.1) is 24.8 Å². The minimum atomic E-state index is -1.47. The Bertz CT molecular complexity index is 2050. The first-order chi connectivity index (χ1) is 29.4. The maximum atomic E-state index is 14.4. The van der Waals surface area contributed by atoms with Gasteiger partial charge in [-0.2, -0.15) is 0 Å². The van der Waals surface area contributed by atoms with E-state index in [0.29, 0.717) is 59.5 Å². The van der Waals surface area contributed by atoms with Crippen LogP contribution in [-0.4, -0.2) is 84.9 Å². The maximum absolute atomic E-state index is 14.4. The third-order valence-electron chi connectivity index (χ3n) is 11.8. The number of oxime groups is 1. The van der Waals surface area contributed by atoms with Crippen LogP contribution in [0.15, 0.2) is 90.1 Å². The van der Waals surface area contributed by atoms with E-state index in [0.717, 1.165) is 48.7 Å². The number of benzene rings is 3. The van der Waals surface area contributed by atoms with Crippen LogP contribution in [0.2, 0.25) is 0 Å². The van der Waals surface area contributed by atoms with E-state index in [1.807, 2.05) is 43.3 Å². The number of aliphatic hydroxyl groups excluding tert-OH is 2. The van der Waals surface area contributed by atoms with Gasteiger partial charge in [0.15, 0.2) is 11.5 Å². The molecule has 13 heteroatoms. The highest BCUT2D eigenvalue weighted by atomic mass is 16.7. The van der Waals surface area contributed by atoms with Crippen LogP contribution in [0.25, 0.3) is 0 Å². The largest absolute Gasteiger partial charge is 0.459 e. The summed E-state index contributed by atoms with van der Waals surface area (Å²) < 4.78 is 37.9. The second-order valence-electron chi connectivity index (χ2n) is 15.5. The molecule has 13 nitrogen and oxygen atoms in total. The van der Waals surface area contributed by atoms with Crippen molar-refractivity contribution >= 4 is 18.1 Å². The number of carbonyl (C=O) groups is 2. The molecule has 0 aromatic heterocycles. The minimum absolute atomic E-state index is 0.0176. The molecular formula is C47H56N2O11. The highest BCUT2D eigenvalue weighted by Gasteiger charge is 2.65. The Morgan fingerprint density at radius 1 is 0.950 bits per heavy atom. The first-order valence-electron chi connectivity index (χ1n) is 21.1. The molecule has 7 rings (SSSR count). The summed E-state index contributed by atoms with van der Waals surface area (Å²) in [5, 5.41) is 24.6. The quantitative estimate of drug-likeness (QED) is 0.0489. The number of amides is 1. The number of carbonyl (C=O) groups excluding carboxylic acids is 2. The fourth-order valence-electron chi connectivity index (χ4n) is 9.39. The minimum Gasteiger partial charge on any atom is -0.459 e. The van der Waals surface area contributed by atoms with Crippen molar-refractivity contribution in [2.45, 2.75) is 83.1 Å². The molecular weight excluding hydrogens is 769 g/mol. The van der Waals surface area contributed by atoms with Gasteiger partial charge in [-0.05, 0) is 105 Å². The van der Waals surface area contributed by atoms with Gasteiger partial charge in [-0.25, -0.2) is 4.79 Å². The standard InChI is InChI=1S/C47H56N2O11/c1-4-22-57-47-43(49(46(53)54-5-2)28-31-16-18-41-42(24-31)56-30-55-41)27-39(48-58-6-3)37-25-33(13-7-9-20-50)36(15-8-10-21-51)44(45(37)47)38-26-35(17-19-40(38)60-47)59-34-14-11-12-32(23-34)29-52/h4,11-12,14,16-19,23-26,29,33,36,43-45,50-51H,1,5-10,13,15,20-22,27-28,30H2,2-3H3. The normalized spacial score (nSPS) is 24.0. The van der Waals surface area contributed by atoms with Crippen LogP contribution >= 0.6 is 0 Å². The molecule has 0 radical (unpaired) electrons. The summed E-state index contributed by atoms with van der Waals surface area (Å²) in [6.07, 6.45) is 8.92. The van der Waals surface area contributed by atoms with Crippen LogP contribution in [0.5, 0.6) is 28.7 Å². The number of fused-ring (bicyclic) bond motifs is 3. The molecule has 0 saturated heterocycles. The SMILES string of the molecule is C=CCOC12Oc3ccc(Oc4cccc(C=O)c4)cc3C3C(CCCCO)C(CCCCO)C=C(C(=NOCC)CC1N(Cc1ccc4c(c1)OCO4)C(=O)OCC)C32. The summed E-state index contributed by atoms with van der Waals surface area (Å²) in [5.74, 6) is 0.705. The molecule has 0 spiro atoms. The van der Waals surface area contributed by atoms with Crippen molar-refractivity contribution in [3.63, 3.8) is 0 Å². The summed E-state index contributed by atoms with van der Waals surface area (Å²) in [7, 11) is 0. The van der Waals surface area contributed by atoms with E-state index in [-0.39, 0.29) is 63.9 Å². The van der Waals surface area contributed by atoms with Gasteiger partial charge < -0.3 is 43.5 Å². The van der Waals surface area contributed by atoms with Crippen molar-refractivity contribution in [1.82, 2.24) is 4.90 Å². The van der Waals surface area contributed by atoms with E-state index in [4.69, 9.17) is 38.4 Å². The van der Waals surface area contributed by atoms with Gasteiger partial charge in [-0.3, -0.25) is 9.69 Å². The Morgan fingerprint density at radius 3 is 2.50 bits per heavy atom. The number of unbranched alkanes of at least 4 members (excludes halogenated alkanes) is 2. The van der Waals surface area contributed by atoms with Crippen LogP contribution in [0.3, 0.4) is 0 Å². The number of nitrogens with zero attached hydrogens (tertiary/aromatic N) is 2. The molecule has 6 unspecified atom stereocenters. The highest BCUT2D eigenvalue weighted by molar-refractivity contribution is 6.03. The molecule has 2 heterocycles. The molecule has 320 valence electrons. The molecule has 3 aromatic rings. The van der Waals surface area contributed by atoms with Crippen molar-refractivity contribution in [2.75, 3.05) is 39.8 Å². The second kappa shape index (κ2) is 19.8. The Hall–Kier alpha value is -5.37. The van der Waals surface area contributed by atoms with Gasteiger partial charge in [0.25, 0.3) is 0 Å². The Balaban J connectivity index is 1.44. The second-order valence-corrected chi connectivity index (χ2v) is 15.5.